The van der Waals surface area contributed by atoms with Gasteiger partial charge in [0.1, 0.15) is 0 Å². The van der Waals surface area contributed by atoms with Gasteiger partial charge in [-0.2, -0.15) is 0 Å². The van der Waals surface area contributed by atoms with Crippen LogP contribution in [-0.4, -0.2) is 4.92 Å². The van der Waals surface area contributed by atoms with E-state index in [1.165, 1.54) is 6.08 Å². The van der Waals surface area contributed by atoms with Gasteiger partial charge in [0, 0.05) is 6.08 Å². The molecule has 61 valence electrons. The molecular formula is C9H8NO2. The van der Waals surface area contributed by atoms with E-state index >= 15 is 0 Å². The van der Waals surface area contributed by atoms with Gasteiger partial charge in [0.2, 0.25) is 6.20 Å². The van der Waals surface area contributed by atoms with Crippen LogP contribution < -0.4 is 0 Å². The molecule has 0 amide bonds. The largest absolute Gasteiger partial charge is 0.259 e. The normalized spacial score (nSPS) is 10.4. The average Bonchev–Trinajstić information content (AvgIpc) is 2.03. The second kappa shape index (κ2) is 3.67. The molecule has 3 nitrogen and oxygen atoms in total. The van der Waals surface area contributed by atoms with E-state index in [4.69, 9.17) is 0 Å². The van der Waals surface area contributed by atoms with Gasteiger partial charge in [0.25, 0.3) is 0 Å². The SMILES string of the molecule is Cc1ccc[c]c1C=C[N+](=O)[O-]. The lowest BCUT2D eigenvalue weighted by molar-refractivity contribution is -0.400. The molecule has 0 spiro atoms. The molecule has 0 fully saturated rings. The maximum Gasteiger partial charge on any atom is 0.235 e. The molecular weight excluding hydrogens is 154 g/mol. The second-order valence-corrected chi connectivity index (χ2v) is 2.37. The first-order valence-corrected chi connectivity index (χ1v) is 3.49. The lowest BCUT2D eigenvalue weighted by Gasteiger charge is -1.94. The summed E-state index contributed by atoms with van der Waals surface area (Å²) in [5.74, 6) is 0. The van der Waals surface area contributed by atoms with Crippen LogP contribution in [0.25, 0.3) is 6.08 Å². The van der Waals surface area contributed by atoms with Crippen molar-refractivity contribution >= 4 is 6.08 Å². The van der Waals surface area contributed by atoms with Gasteiger partial charge in [-0.25, -0.2) is 0 Å². The van der Waals surface area contributed by atoms with Gasteiger partial charge in [0.05, 0.1) is 4.92 Å². The number of hydrogen-bond donors (Lipinski definition) is 0. The van der Waals surface area contributed by atoms with E-state index in [1.807, 2.05) is 19.1 Å². The highest BCUT2D eigenvalue weighted by atomic mass is 16.6. The van der Waals surface area contributed by atoms with Gasteiger partial charge in [-0.15, -0.1) is 0 Å². The van der Waals surface area contributed by atoms with Crippen LogP contribution in [0, 0.1) is 23.1 Å². The monoisotopic (exact) mass is 162 g/mol. The Morgan fingerprint density at radius 3 is 3.00 bits per heavy atom. The van der Waals surface area contributed by atoms with E-state index in [1.54, 1.807) is 6.07 Å². The van der Waals surface area contributed by atoms with Gasteiger partial charge in [-0.1, -0.05) is 18.2 Å². The van der Waals surface area contributed by atoms with Gasteiger partial charge in [-0.05, 0) is 24.1 Å². The predicted octanol–water partition coefficient (Wildman–Crippen LogP) is 2.04. The Bertz CT molecular complexity index is 318. The van der Waals surface area contributed by atoms with Gasteiger partial charge >= 0.3 is 0 Å². The molecule has 12 heavy (non-hydrogen) atoms. The summed E-state index contributed by atoms with van der Waals surface area (Å²) in [7, 11) is 0. The van der Waals surface area contributed by atoms with Crippen LogP contribution in [0.5, 0.6) is 0 Å². The van der Waals surface area contributed by atoms with Crippen LogP contribution in [-0.2, 0) is 0 Å². The molecule has 3 heteroatoms. The van der Waals surface area contributed by atoms with Crippen molar-refractivity contribution in [2.75, 3.05) is 0 Å². The summed E-state index contributed by atoms with van der Waals surface area (Å²) in [5, 5.41) is 9.99. The molecule has 0 heterocycles. The summed E-state index contributed by atoms with van der Waals surface area (Å²) in [6.45, 7) is 1.89. The van der Waals surface area contributed by atoms with Crippen molar-refractivity contribution < 1.29 is 4.92 Å². The number of nitrogens with zero attached hydrogens (tertiary/aromatic N) is 1. The summed E-state index contributed by atoms with van der Waals surface area (Å²) in [6.07, 6.45) is 2.36. The molecule has 1 rings (SSSR count). The van der Waals surface area contributed by atoms with Crippen LogP contribution in [0.1, 0.15) is 11.1 Å². The van der Waals surface area contributed by atoms with Crippen LogP contribution >= 0.6 is 0 Å². The van der Waals surface area contributed by atoms with Gasteiger partial charge in [0.15, 0.2) is 0 Å². The maximum absolute atomic E-state index is 9.99. The molecule has 0 unspecified atom stereocenters. The number of nitro groups is 1. The fraction of sp³-hybridized carbons (Fsp3) is 0.111. The summed E-state index contributed by atoms with van der Waals surface area (Å²) in [6, 6.07) is 8.36. The van der Waals surface area contributed by atoms with E-state index in [0.717, 1.165) is 17.3 Å². The highest BCUT2D eigenvalue weighted by molar-refractivity contribution is 5.51. The first-order chi connectivity index (χ1) is 5.70. The third kappa shape index (κ3) is 2.20. The number of aryl methyl sites for hydroxylation is 1. The van der Waals surface area contributed by atoms with E-state index in [2.05, 4.69) is 6.07 Å². The maximum atomic E-state index is 9.99. The molecule has 0 atom stereocenters. The summed E-state index contributed by atoms with van der Waals surface area (Å²) in [4.78, 5) is 9.50. The van der Waals surface area contributed by atoms with Crippen molar-refractivity contribution in [3.8, 4) is 0 Å². The zero-order chi connectivity index (χ0) is 8.97. The van der Waals surface area contributed by atoms with E-state index in [9.17, 15) is 10.1 Å². The fourth-order valence-corrected chi connectivity index (χ4v) is 0.849. The molecule has 0 saturated carbocycles. The van der Waals surface area contributed by atoms with E-state index < -0.39 is 4.92 Å². The van der Waals surface area contributed by atoms with Crippen LogP contribution in [0.4, 0.5) is 0 Å². The lowest BCUT2D eigenvalue weighted by atomic mass is 10.1. The molecule has 0 aromatic heterocycles. The van der Waals surface area contributed by atoms with Crippen molar-refractivity contribution in [2.45, 2.75) is 6.92 Å². The lowest BCUT2D eigenvalue weighted by Crippen LogP contribution is -1.84. The highest BCUT2D eigenvalue weighted by Crippen LogP contribution is 2.07. The Labute approximate surface area is 70.5 Å². The molecule has 0 saturated heterocycles. The molecule has 0 bridgehead atoms. The smallest absolute Gasteiger partial charge is 0.235 e. The molecule has 1 aromatic rings. The molecule has 0 aliphatic heterocycles. The van der Waals surface area contributed by atoms with Crippen molar-refractivity contribution in [1.29, 1.82) is 0 Å². The first kappa shape index (κ1) is 8.46. The Morgan fingerprint density at radius 2 is 2.42 bits per heavy atom. The number of benzene rings is 1. The van der Waals surface area contributed by atoms with Crippen molar-refractivity contribution in [1.82, 2.24) is 0 Å². The van der Waals surface area contributed by atoms with Crippen molar-refractivity contribution in [3.63, 3.8) is 0 Å². The standard InChI is InChI=1S/C9H8NO2/c1-8-4-2-3-5-9(8)6-7-10(11)12/h2-4,6-7H,1H3. The minimum Gasteiger partial charge on any atom is -0.259 e. The molecule has 0 aliphatic rings. The minimum atomic E-state index is -0.486. The summed E-state index contributed by atoms with van der Waals surface area (Å²) >= 11 is 0. The van der Waals surface area contributed by atoms with Crippen LogP contribution in [0.2, 0.25) is 0 Å². The molecule has 0 aliphatic carbocycles. The Morgan fingerprint density at radius 1 is 1.67 bits per heavy atom. The topological polar surface area (TPSA) is 43.1 Å². The fourth-order valence-electron chi connectivity index (χ4n) is 0.849. The zero-order valence-electron chi connectivity index (χ0n) is 6.65. The quantitative estimate of drug-likeness (QED) is 0.493. The third-order valence-electron chi connectivity index (χ3n) is 1.47. The van der Waals surface area contributed by atoms with Crippen molar-refractivity contribution in [2.24, 2.45) is 0 Å². The second-order valence-electron chi connectivity index (χ2n) is 2.37. The summed E-state index contributed by atoms with van der Waals surface area (Å²) < 4.78 is 0. The average molecular weight is 162 g/mol. The van der Waals surface area contributed by atoms with Gasteiger partial charge < -0.3 is 0 Å². The van der Waals surface area contributed by atoms with E-state index in [-0.39, 0.29) is 0 Å². The minimum absolute atomic E-state index is 0.486. The molecule has 1 radical (unpaired) electrons. The van der Waals surface area contributed by atoms with Gasteiger partial charge in [-0.3, -0.25) is 10.1 Å². The Balaban J connectivity index is 2.89. The van der Waals surface area contributed by atoms with Crippen molar-refractivity contribution in [3.05, 3.63) is 51.7 Å². The zero-order valence-corrected chi connectivity index (χ0v) is 6.65. The first-order valence-electron chi connectivity index (χ1n) is 3.49. The third-order valence-corrected chi connectivity index (χ3v) is 1.47. The Hall–Kier alpha value is -1.64. The number of rotatable bonds is 2. The van der Waals surface area contributed by atoms with Crippen LogP contribution in [0.3, 0.4) is 0 Å². The Kier molecular flexibility index (Phi) is 2.58. The highest BCUT2D eigenvalue weighted by Gasteiger charge is 1.93. The number of hydrogen-bond acceptors (Lipinski definition) is 2. The summed E-state index contributed by atoms with van der Waals surface area (Å²) in [5.41, 5.74) is 1.74. The molecule has 0 N–H and O–H groups in total. The van der Waals surface area contributed by atoms with E-state index in [0.29, 0.717) is 0 Å². The van der Waals surface area contributed by atoms with Crippen LogP contribution in [0.15, 0.2) is 24.4 Å². The predicted molar refractivity (Wildman–Crippen MR) is 46.0 cm³/mol. The molecule has 1 aromatic carbocycles.